The molecule has 0 aromatic heterocycles. The van der Waals surface area contributed by atoms with E-state index in [-0.39, 0.29) is 12.8 Å². The van der Waals surface area contributed by atoms with Gasteiger partial charge in [0.2, 0.25) is 0 Å². The van der Waals surface area contributed by atoms with Gasteiger partial charge < -0.3 is 5.11 Å². The third kappa shape index (κ3) is 3.68. The van der Waals surface area contributed by atoms with Crippen molar-refractivity contribution in [2.45, 2.75) is 57.5 Å². The van der Waals surface area contributed by atoms with Gasteiger partial charge in [0, 0.05) is 6.42 Å². The molecule has 2 nitrogen and oxygen atoms in total. The van der Waals surface area contributed by atoms with Crippen LogP contribution < -0.4 is 0 Å². The number of carboxylic acids is 1. The average Bonchev–Trinajstić information content (AvgIpc) is 2.17. The molecule has 1 N–H and O–H groups in total. The van der Waals surface area contributed by atoms with Crippen LogP contribution in [0.5, 0.6) is 0 Å². The quantitative estimate of drug-likeness (QED) is 0.809. The lowest BCUT2D eigenvalue weighted by Crippen LogP contribution is -2.33. The Bertz CT molecular complexity index is 242. The second-order valence-electron chi connectivity index (χ2n) is 4.61. The van der Waals surface area contributed by atoms with E-state index in [4.69, 9.17) is 5.11 Å². The first-order valence-corrected chi connectivity index (χ1v) is 5.66. The first-order chi connectivity index (χ1) is 7.36. The number of hydrogen-bond acceptors (Lipinski definition) is 1. The van der Waals surface area contributed by atoms with E-state index in [2.05, 4.69) is 0 Å². The van der Waals surface area contributed by atoms with Crippen LogP contribution in [0.2, 0.25) is 0 Å². The van der Waals surface area contributed by atoms with Gasteiger partial charge >= 0.3 is 12.1 Å². The minimum atomic E-state index is -4.17. The van der Waals surface area contributed by atoms with Crippen LogP contribution in [0.1, 0.15) is 51.4 Å². The van der Waals surface area contributed by atoms with Gasteiger partial charge in [0.1, 0.15) is 0 Å². The number of carboxylic acid groups (broad SMARTS) is 1. The van der Waals surface area contributed by atoms with Crippen LogP contribution in [-0.4, -0.2) is 17.3 Å². The largest absolute Gasteiger partial charge is 0.481 e. The molecule has 0 radical (unpaired) electrons. The number of rotatable bonds is 4. The van der Waals surface area contributed by atoms with Crippen LogP contribution in [0.15, 0.2) is 0 Å². The molecule has 1 rings (SSSR count). The van der Waals surface area contributed by atoms with Crippen molar-refractivity contribution in [3.8, 4) is 0 Å². The Morgan fingerprint density at radius 2 is 1.75 bits per heavy atom. The van der Waals surface area contributed by atoms with Crippen molar-refractivity contribution >= 4 is 5.97 Å². The third-order valence-corrected chi connectivity index (χ3v) is 3.38. The highest BCUT2D eigenvalue weighted by atomic mass is 19.4. The topological polar surface area (TPSA) is 37.3 Å². The molecule has 5 heteroatoms. The minimum absolute atomic E-state index is 0.0736. The zero-order valence-electron chi connectivity index (χ0n) is 9.15. The Morgan fingerprint density at radius 1 is 1.19 bits per heavy atom. The molecule has 1 saturated carbocycles. The fourth-order valence-electron chi connectivity index (χ4n) is 2.43. The Labute approximate surface area is 92.8 Å². The predicted octanol–water partition coefficient (Wildman–Crippen LogP) is 3.75. The monoisotopic (exact) mass is 238 g/mol. The van der Waals surface area contributed by atoms with Gasteiger partial charge in [-0.05, 0) is 25.7 Å². The van der Waals surface area contributed by atoms with E-state index in [1.165, 1.54) is 0 Å². The molecule has 0 bridgehead atoms. The van der Waals surface area contributed by atoms with E-state index < -0.39 is 24.0 Å². The van der Waals surface area contributed by atoms with Crippen LogP contribution in [0.4, 0.5) is 13.2 Å². The highest BCUT2D eigenvalue weighted by Crippen LogP contribution is 2.41. The predicted molar refractivity (Wildman–Crippen MR) is 53.1 cm³/mol. The maximum absolute atomic E-state index is 12.0. The summed E-state index contributed by atoms with van der Waals surface area (Å²) in [6, 6.07) is 0. The lowest BCUT2D eigenvalue weighted by molar-refractivity contribution is -0.154. The summed E-state index contributed by atoms with van der Waals surface area (Å²) in [5.74, 6) is -0.922. The van der Waals surface area contributed by atoms with Crippen molar-refractivity contribution in [2.75, 3.05) is 0 Å². The van der Waals surface area contributed by atoms with E-state index >= 15 is 0 Å². The summed E-state index contributed by atoms with van der Waals surface area (Å²) < 4.78 is 36.0. The molecule has 94 valence electrons. The van der Waals surface area contributed by atoms with Crippen LogP contribution in [0.25, 0.3) is 0 Å². The Balaban J connectivity index is 2.48. The molecule has 1 fully saturated rings. The molecular formula is C11H17F3O2. The van der Waals surface area contributed by atoms with Gasteiger partial charge in [-0.15, -0.1) is 0 Å². The maximum atomic E-state index is 12.0. The Morgan fingerprint density at radius 3 is 2.19 bits per heavy atom. The number of aliphatic carboxylic acids is 1. The van der Waals surface area contributed by atoms with Crippen LogP contribution in [0.3, 0.4) is 0 Å². The molecule has 1 aliphatic rings. The summed E-state index contributed by atoms with van der Waals surface area (Å²) in [7, 11) is 0. The molecule has 0 saturated heterocycles. The SMILES string of the molecule is O=C(O)C1(CCCC(F)(F)F)CCCCC1. The summed E-state index contributed by atoms with van der Waals surface area (Å²) in [5.41, 5.74) is -0.885. The van der Waals surface area contributed by atoms with Gasteiger partial charge in [-0.1, -0.05) is 19.3 Å². The summed E-state index contributed by atoms with van der Waals surface area (Å²) in [5, 5.41) is 9.14. The first-order valence-electron chi connectivity index (χ1n) is 5.66. The summed E-state index contributed by atoms with van der Waals surface area (Å²) in [4.78, 5) is 11.2. The summed E-state index contributed by atoms with van der Waals surface area (Å²) >= 11 is 0. The molecule has 16 heavy (non-hydrogen) atoms. The van der Waals surface area contributed by atoms with Crippen molar-refractivity contribution in [1.29, 1.82) is 0 Å². The maximum Gasteiger partial charge on any atom is 0.389 e. The smallest absolute Gasteiger partial charge is 0.389 e. The molecule has 0 atom stereocenters. The Kier molecular flexibility index (Phi) is 4.21. The van der Waals surface area contributed by atoms with Gasteiger partial charge in [0.15, 0.2) is 0 Å². The van der Waals surface area contributed by atoms with Crippen LogP contribution in [-0.2, 0) is 4.79 Å². The highest BCUT2D eigenvalue weighted by Gasteiger charge is 2.40. The molecule has 0 aliphatic heterocycles. The Hall–Kier alpha value is -0.740. The van der Waals surface area contributed by atoms with E-state index in [9.17, 15) is 18.0 Å². The standard InChI is InChI=1S/C11H17F3O2/c12-11(13,14)8-4-7-10(9(15)16)5-2-1-3-6-10/h1-8H2,(H,15,16). The third-order valence-electron chi connectivity index (χ3n) is 3.38. The first kappa shape index (κ1) is 13.3. The van der Waals surface area contributed by atoms with Crippen molar-refractivity contribution in [1.82, 2.24) is 0 Å². The zero-order chi connectivity index (χ0) is 12.2. The normalized spacial score (nSPS) is 20.7. The van der Waals surface area contributed by atoms with Gasteiger partial charge in [0.05, 0.1) is 5.41 Å². The van der Waals surface area contributed by atoms with Crippen molar-refractivity contribution < 1.29 is 23.1 Å². The molecule has 0 heterocycles. The number of halogens is 3. The van der Waals surface area contributed by atoms with E-state index in [1.54, 1.807) is 0 Å². The van der Waals surface area contributed by atoms with Gasteiger partial charge in [-0.2, -0.15) is 13.2 Å². The lowest BCUT2D eigenvalue weighted by Gasteiger charge is -2.33. The lowest BCUT2D eigenvalue weighted by atomic mass is 9.71. The molecule has 0 amide bonds. The van der Waals surface area contributed by atoms with Crippen molar-refractivity contribution in [2.24, 2.45) is 5.41 Å². The van der Waals surface area contributed by atoms with E-state index in [0.29, 0.717) is 12.8 Å². The van der Waals surface area contributed by atoms with Crippen LogP contribution >= 0.6 is 0 Å². The van der Waals surface area contributed by atoms with Crippen molar-refractivity contribution in [3.05, 3.63) is 0 Å². The van der Waals surface area contributed by atoms with Crippen molar-refractivity contribution in [3.63, 3.8) is 0 Å². The van der Waals surface area contributed by atoms with Gasteiger partial charge in [0.25, 0.3) is 0 Å². The fourth-order valence-corrected chi connectivity index (χ4v) is 2.43. The van der Waals surface area contributed by atoms with Gasteiger partial charge in [-0.25, -0.2) is 0 Å². The van der Waals surface area contributed by atoms with Crippen LogP contribution in [0, 0.1) is 5.41 Å². The summed E-state index contributed by atoms with van der Waals surface area (Å²) in [6.07, 6.45) is -1.28. The molecular weight excluding hydrogens is 221 g/mol. The number of carbonyl (C=O) groups is 1. The minimum Gasteiger partial charge on any atom is -0.481 e. The molecule has 0 aromatic carbocycles. The second kappa shape index (κ2) is 5.06. The van der Waals surface area contributed by atoms with E-state index in [0.717, 1.165) is 19.3 Å². The highest BCUT2D eigenvalue weighted by molar-refractivity contribution is 5.74. The molecule has 0 unspecified atom stereocenters. The zero-order valence-corrected chi connectivity index (χ0v) is 9.15. The average molecular weight is 238 g/mol. The molecule has 1 aliphatic carbocycles. The fraction of sp³-hybridized carbons (Fsp3) is 0.909. The molecule has 0 spiro atoms. The van der Waals surface area contributed by atoms with Gasteiger partial charge in [-0.3, -0.25) is 4.79 Å². The van der Waals surface area contributed by atoms with E-state index in [1.807, 2.05) is 0 Å². The number of alkyl halides is 3. The second-order valence-corrected chi connectivity index (χ2v) is 4.61. The summed E-state index contributed by atoms with van der Waals surface area (Å²) in [6.45, 7) is 0. The number of hydrogen-bond donors (Lipinski definition) is 1. The molecule has 0 aromatic rings.